The predicted octanol–water partition coefficient (Wildman–Crippen LogP) is 2.71. The van der Waals surface area contributed by atoms with Crippen molar-refractivity contribution in [2.24, 2.45) is 0 Å². The highest BCUT2D eigenvalue weighted by atomic mass is 32.1. The third-order valence-corrected chi connectivity index (χ3v) is 4.08. The molecule has 0 atom stereocenters. The first-order chi connectivity index (χ1) is 7.08. The molecule has 15 heavy (non-hydrogen) atoms. The lowest BCUT2D eigenvalue weighted by atomic mass is 9.78. The number of hydrogen-bond donors (Lipinski definition) is 0. The zero-order valence-electron chi connectivity index (χ0n) is 9.37. The highest BCUT2D eigenvalue weighted by Crippen LogP contribution is 2.37. The van der Waals surface area contributed by atoms with Gasteiger partial charge >= 0.3 is 0 Å². The SMILES string of the molecule is Cc1nn2c3c(nc2s1)C(C)(C)CCC3. The van der Waals surface area contributed by atoms with Gasteiger partial charge in [-0.15, -0.1) is 0 Å². The van der Waals surface area contributed by atoms with Crippen LogP contribution in [-0.4, -0.2) is 14.6 Å². The van der Waals surface area contributed by atoms with Crippen molar-refractivity contribution in [3.05, 3.63) is 16.4 Å². The molecule has 4 heteroatoms. The van der Waals surface area contributed by atoms with E-state index in [1.807, 2.05) is 6.92 Å². The van der Waals surface area contributed by atoms with Gasteiger partial charge in [0.2, 0.25) is 4.96 Å². The van der Waals surface area contributed by atoms with E-state index in [-0.39, 0.29) is 5.41 Å². The Morgan fingerprint density at radius 3 is 3.00 bits per heavy atom. The molecule has 3 nitrogen and oxygen atoms in total. The van der Waals surface area contributed by atoms with Crippen LogP contribution in [0.25, 0.3) is 4.96 Å². The Hall–Kier alpha value is -0.900. The molecule has 2 aromatic heterocycles. The second-order valence-corrected chi connectivity index (χ2v) is 6.12. The van der Waals surface area contributed by atoms with E-state index in [0.717, 1.165) is 16.4 Å². The summed E-state index contributed by atoms with van der Waals surface area (Å²) in [4.78, 5) is 5.81. The van der Waals surface area contributed by atoms with Crippen molar-refractivity contribution in [2.45, 2.75) is 45.4 Å². The lowest BCUT2D eigenvalue weighted by molar-refractivity contribution is 0.416. The van der Waals surface area contributed by atoms with Crippen LogP contribution in [0.2, 0.25) is 0 Å². The minimum Gasteiger partial charge on any atom is -0.222 e. The van der Waals surface area contributed by atoms with Crippen molar-refractivity contribution in [1.82, 2.24) is 14.6 Å². The first-order valence-corrected chi connectivity index (χ1v) is 6.25. The van der Waals surface area contributed by atoms with Gasteiger partial charge < -0.3 is 0 Å². The molecular formula is C11H15N3S. The van der Waals surface area contributed by atoms with Crippen molar-refractivity contribution in [1.29, 1.82) is 0 Å². The Morgan fingerprint density at radius 1 is 1.40 bits per heavy atom. The van der Waals surface area contributed by atoms with Gasteiger partial charge in [-0.25, -0.2) is 9.50 Å². The first-order valence-electron chi connectivity index (χ1n) is 5.43. The normalized spacial score (nSPS) is 19.4. The Labute approximate surface area is 93.1 Å². The summed E-state index contributed by atoms with van der Waals surface area (Å²) in [5.41, 5.74) is 2.84. The standard InChI is InChI=1S/C11H15N3S/c1-7-13-14-8-5-4-6-11(2,3)9(8)12-10(14)15-7/h4-6H2,1-3H3. The van der Waals surface area contributed by atoms with Crippen LogP contribution in [0.3, 0.4) is 0 Å². The second kappa shape index (κ2) is 2.82. The summed E-state index contributed by atoms with van der Waals surface area (Å²) in [6.45, 7) is 6.61. The second-order valence-electron chi connectivity index (χ2n) is 4.96. The van der Waals surface area contributed by atoms with Crippen LogP contribution in [0, 0.1) is 6.92 Å². The van der Waals surface area contributed by atoms with Crippen LogP contribution in [-0.2, 0) is 11.8 Å². The molecule has 80 valence electrons. The molecule has 0 aromatic carbocycles. The van der Waals surface area contributed by atoms with Crippen molar-refractivity contribution >= 4 is 16.3 Å². The van der Waals surface area contributed by atoms with Crippen molar-refractivity contribution < 1.29 is 0 Å². The summed E-state index contributed by atoms with van der Waals surface area (Å²) in [6, 6.07) is 0. The topological polar surface area (TPSA) is 30.2 Å². The fraction of sp³-hybridized carbons (Fsp3) is 0.636. The van der Waals surface area contributed by atoms with Crippen LogP contribution in [0.4, 0.5) is 0 Å². The molecule has 1 aliphatic rings. The van der Waals surface area contributed by atoms with Gasteiger partial charge in [0.25, 0.3) is 0 Å². The Bertz CT molecular complexity index is 521. The number of fused-ring (bicyclic) bond motifs is 3. The van der Waals surface area contributed by atoms with E-state index >= 15 is 0 Å². The van der Waals surface area contributed by atoms with Gasteiger partial charge in [0.1, 0.15) is 5.01 Å². The molecule has 0 bridgehead atoms. The molecule has 0 unspecified atom stereocenters. The van der Waals surface area contributed by atoms with Crippen LogP contribution >= 0.6 is 11.3 Å². The Morgan fingerprint density at radius 2 is 2.20 bits per heavy atom. The van der Waals surface area contributed by atoms with E-state index in [2.05, 4.69) is 23.5 Å². The van der Waals surface area contributed by atoms with Crippen LogP contribution in [0.15, 0.2) is 0 Å². The van der Waals surface area contributed by atoms with Crippen molar-refractivity contribution in [2.75, 3.05) is 0 Å². The maximum atomic E-state index is 4.75. The lowest BCUT2D eigenvalue weighted by Gasteiger charge is -2.28. The fourth-order valence-electron chi connectivity index (χ4n) is 2.47. The van der Waals surface area contributed by atoms with E-state index in [1.54, 1.807) is 11.3 Å². The van der Waals surface area contributed by atoms with Crippen LogP contribution < -0.4 is 0 Å². The minimum atomic E-state index is 0.231. The average Bonchev–Trinajstić information content (AvgIpc) is 2.62. The molecule has 0 saturated heterocycles. The maximum Gasteiger partial charge on any atom is 0.212 e. The quantitative estimate of drug-likeness (QED) is 0.684. The summed E-state index contributed by atoms with van der Waals surface area (Å²) in [5, 5.41) is 5.63. The number of hydrogen-bond acceptors (Lipinski definition) is 3. The highest BCUT2D eigenvalue weighted by molar-refractivity contribution is 7.16. The monoisotopic (exact) mass is 221 g/mol. The van der Waals surface area contributed by atoms with E-state index in [9.17, 15) is 0 Å². The predicted molar refractivity (Wildman–Crippen MR) is 61.6 cm³/mol. The third kappa shape index (κ3) is 1.24. The molecule has 0 N–H and O–H groups in total. The minimum absolute atomic E-state index is 0.231. The zero-order chi connectivity index (χ0) is 10.6. The molecule has 2 heterocycles. The maximum absolute atomic E-state index is 4.75. The number of aromatic nitrogens is 3. The third-order valence-electron chi connectivity index (χ3n) is 3.25. The average molecular weight is 221 g/mol. The van der Waals surface area contributed by atoms with Gasteiger partial charge in [0, 0.05) is 5.41 Å². The van der Waals surface area contributed by atoms with E-state index in [1.165, 1.54) is 24.2 Å². The van der Waals surface area contributed by atoms with E-state index < -0.39 is 0 Å². The molecule has 0 fully saturated rings. The molecule has 2 aromatic rings. The number of rotatable bonds is 0. The van der Waals surface area contributed by atoms with Gasteiger partial charge in [0.15, 0.2) is 0 Å². The molecule has 0 amide bonds. The molecule has 0 radical (unpaired) electrons. The fourth-order valence-corrected chi connectivity index (χ4v) is 3.23. The van der Waals surface area contributed by atoms with Crippen LogP contribution in [0.5, 0.6) is 0 Å². The van der Waals surface area contributed by atoms with E-state index in [4.69, 9.17) is 4.98 Å². The molecule has 3 rings (SSSR count). The molecule has 0 spiro atoms. The van der Waals surface area contributed by atoms with Crippen molar-refractivity contribution in [3.8, 4) is 0 Å². The summed E-state index contributed by atoms with van der Waals surface area (Å²) in [5.74, 6) is 0. The summed E-state index contributed by atoms with van der Waals surface area (Å²) < 4.78 is 2.05. The molecule has 0 saturated carbocycles. The number of aryl methyl sites for hydroxylation is 2. The van der Waals surface area contributed by atoms with Crippen LogP contribution in [0.1, 0.15) is 43.1 Å². The smallest absolute Gasteiger partial charge is 0.212 e. The Kier molecular flexibility index (Phi) is 1.75. The summed E-state index contributed by atoms with van der Waals surface area (Å²) in [7, 11) is 0. The highest BCUT2D eigenvalue weighted by Gasteiger charge is 2.32. The summed E-state index contributed by atoms with van der Waals surface area (Å²) >= 11 is 1.69. The number of nitrogens with zero attached hydrogens (tertiary/aromatic N) is 3. The first kappa shape index (κ1) is 9.33. The summed E-state index contributed by atoms with van der Waals surface area (Å²) in [6.07, 6.45) is 3.62. The van der Waals surface area contributed by atoms with E-state index in [0.29, 0.717) is 0 Å². The number of imidazole rings is 1. The zero-order valence-corrected chi connectivity index (χ0v) is 10.2. The van der Waals surface area contributed by atoms with Gasteiger partial charge in [-0.1, -0.05) is 25.2 Å². The largest absolute Gasteiger partial charge is 0.222 e. The van der Waals surface area contributed by atoms with Gasteiger partial charge in [0.05, 0.1) is 11.4 Å². The van der Waals surface area contributed by atoms with Gasteiger partial charge in [-0.3, -0.25) is 0 Å². The molecule has 0 aliphatic heterocycles. The Balaban J connectivity index is 2.31. The molecule has 1 aliphatic carbocycles. The lowest BCUT2D eigenvalue weighted by Crippen LogP contribution is -2.24. The van der Waals surface area contributed by atoms with Crippen molar-refractivity contribution in [3.63, 3.8) is 0 Å². The van der Waals surface area contributed by atoms with Gasteiger partial charge in [-0.2, -0.15) is 5.10 Å². The molecular weight excluding hydrogens is 206 g/mol. The van der Waals surface area contributed by atoms with Gasteiger partial charge in [-0.05, 0) is 26.2 Å².